The molecule has 0 saturated heterocycles. The van der Waals surface area contributed by atoms with E-state index in [2.05, 4.69) is 64.6 Å². The van der Waals surface area contributed by atoms with Gasteiger partial charge < -0.3 is 9.88 Å². The van der Waals surface area contributed by atoms with Crippen LogP contribution in [0.2, 0.25) is 5.02 Å². The van der Waals surface area contributed by atoms with E-state index < -0.39 is 0 Å². The topological polar surface area (TPSA) is 17.0 Å². The van der Waals surface area contributed by atoms with Crippen LogP contribution in [0.25, 0.3) is 5.69 Å². The number of aromatic nitrogens is 1. The van der Waals surface area contributed by atoms with Crippen LogP contribution in [0, 0.1) is 0 Å². The molecule has 0 spiro atoms. The first-order valence-electron chi connectivity index (χ1n) is 7.07. The van der Waals surface area contributed by atoms with E-state index in [1.54, 1.807) is 0 Å². The van der Waals surface area contributed by atoms with Crippen LogP contribution in [-0.4, -0.2) is 4.57 Å². The summed E-state index contributed by atoms with van der Waals surface area (Å²) >= 11 is 6.01. The Morgan fingerprint density at radius 1 is 0.955 bits per heavy atom. The third kappa shape index (κ3) is 2.54. The summed E-state index contributed by atoms with van der Waals surface area (Å²) in [6.07, 6.45) is 2.13. The second-order valence-electron chi connectivity index (χ2n) is 5.30. The average molecular weight is 331 g/mol. The molecule has 4 heteroatoms. The van der Waals surface area contributed by atoms with Gasteiger partial charge in [-0.05, 0) is 41.5 Å². The van der Waals surface area contributed by atoms with E-state index in [1.165, 1.54) is 22.5 Å². The van der Waals surface area contributed by atoms with Crippen LogP contribution >= 0.6 is 24.0 Å². The highest BCUT2D eigenvalue weighted by molar-refractivity contribution is 6.30. The Hall–Kier alpha value is -1.74. The van der Waals surface area contributed by atoms with Crippen molar-refractivity contribution in [2.45, 2.75) is 12.6 Å². The largest absolute Gasteiger partial charge is 0.319 e. The molecule has 1 N–H and O–H groups in total. The number of fused-ring (bicyclic) bond motifs is 3. The minimum absolute atomic E-state index is 0. The second kappa shape index (κ2) is 6.17. The van der Waals surface area contributed by atoms with Crippen LogP contribution in [0.3, 0.4) is 0 Å². The zero-order valence-electron chi connectivity index (χ0n) is 11.9. The van der Waals surface area contributed by atoms with E-state index in [9.17, 15) is 0 Å². The van der Waals surface area contributed by atoms with Crippen molar-refractivity contribution in [2.24, 2.45) is 0 Å². The van der Waals surface area contributed by atoms with Gasteiger partial charge in [0.05, 0.1) is 6.04 Å². The maximum absolute atomic E-state index is 6.01. The van der Waals surface area contributed by atoms with Crippen LogP contribution in [0.5, 0.6) is 0 Å². The quantitative estimate of drug-likeness (QED) is 0.681. The van der Waals surface area contributed by atoms with Crippen molar-refractivity contribution in [1.29, 1.82) is 0 Å². The summed E-state index contributed by atoms with van der Waals surface area (Å²) in [5, 5.41) is 4.42. The molecular formula is C18H16Cl2N2. The molecule has 0 amide bonds. The summed E-state index contributed by atoms with van der Waals surface area (Å²) in [6.45, 7) is 0.852. The number of rotatable bonds is 1. The van der Waals surface area contributed by atoms with Crippen molar-refractivity contribution in [1.82, 2.24) is 9.88 Å². The van der Waals surface area contributed by atoms with Crippen LogP contribution in [0.15, 0.2) is 66.9 Å². The Bertz CT molecular complexity index is 778. The van der Waals surface area contributed by atoms with E-state index in [4.69, 9.17) is 11.6 Å². The number of hydrogen-bond donors (Lipinski definition) is 1. The first-order chi connectivity index (χ1) is 10.3. The molecule has 2 aromatic carbocycles. The van der Waals surface area contributed by atoms with Gasteiger partial charge in [-0.25, -0.2) is 0 Å². The van der Waals surface area contributed by atoms with Gasteiger partial charge in [-0.1, -0.05) is 41.9 Å². The molecule has 0 bridgehead atoms. The molecule has 112 valence electrons. The van der Waals surface area contributed by atoms with Gasteiger partial charge in [0.15, 0.2) is 0 Å². The van der Waals surface area contributed by atoms with E-state index in [0.29, 0.717) is 0 Å². The highest BCUT2D eigenvalue weighted by Crippen LogP contribution is 2.30. The molecule has 1 aromatic heterocycles. The zero-order valence-corrected chi connectivity index (χ0v) is 13.4. The lowest BCUT2D eigenvalue weighted by Gasteiger charge is -2.18. The van der Waals surface area contributed by atoms with Crippen LogP contribution < -0.4 is 5.32 Å². The molecule has 0 radical (unpaired) electrons. The van der Waals surface area contributed by atoms with Gasteiger partial charge in [0.1, 0.15) is 0 Å². The fourth-order valence-corrected chi connectivity index (χ4v) is 3.13. The van der Waals surface area contributed by atoms with E-state index >= 15 is 0 Å². The predicted molar refractivity (Wildman–Crippen MR) is 93.2 cm³/mol. The summed E-state index contributed by atoms with van der Waals surface area (Å²) in [5.74, 6) is 0. The molecule has 2 nitrogen and oxygen atoms in total. The Morgan fingerprint density at radius 3 is 2.55 bits per heavy atom. The second-order valence-corrected chi connectivity index (χ2v) is 5.73. The molecule has 1 unspecified atom stereocenters. The lowest BCUT2D eigenvalue weighted by Crippen LogP contribution is -2.21. The summed E-state index contributed by atoms with van der Waals surface area (Å²) in [7, 11) is 0. The highest BCUT2D eigenvalue weighted by Gasteiger charge is 2.22. The third-order valence-corrected chi connectivity index (χ3v) is 4.28. The maximum Gasteiger partial charge on any atom is 0.0737 e. The number of para-hydroxylation sites is 1. The molecule has 1 aliphatic heterocycles. The van der Waals surface area contributed by atoms with Crippen molar-refractivity contribution in [2.75, 3.05) is 0 Å². The zero-order chi connectivity index (χ0) is 14.2. The number of nitrogens with zero attached hydrogens (tertiary/aromatic N) is 1. The van der Waals surface area contributed by atoms with Gasteiger partial charge >= 0.3 is 0 Å². The molecule has 0 aliphatic carbocycles. The first kappa shape index (κ1) is 15.2. The minimum atomic E-state index is 0. The van der Waals surface area contributed by atoms with E-state index in [1.807, 2.05) is 12.1 Å². The summed E-state index contributed by atoms with van der Waals surface area (Å²) in [6, 6.07) is 21.0. The minimum Gasteiger partial charge on any atom is -0.319 e. The van der Waals surface area contributed by atoms with E-state index in [-0.39, 0.29) is 18.4 Å². The van der Waals surface area contributed by atoms with Crippen molar-refractivity contribution < 1.29 is 0 Å². The van der Waals surface area contributed by atoms with Crippen molar-refractivity contribution in [3.8, 4) is 5.69 Å². The molecular weight excluding hydrogens is 315 g/mol. The maximum atomic E-state index is 6.01. The Kier molecular flexibility index (Phi) is 4.25. The number of halogens is 2. The lowest BCUT2D eigenvalue weighted by molar-refractivity contribution is 0.601. The first-order valence-corrected chi connectivity index (χ1v) is 7.45. The fraction of sp³-hybridized carbons (Fsp3) is 0.111. The smallest absolute Gasteiger partial charge is 0.0737 e. The molecule has 22 heavy (non-hydrogen) atoms. The van der Waals surface area contributed by atoms with Gasteiger partial charge in [-0.2, -0.15) is 0 Å². The van der Waals surface area contributed by atoms with Gasteiger partial charge in [0.2, 0.25) is 0 Å². The Morgan fingerprint density at radius 2 is 1.73 bits per heavy atom. The SMILES string of the molecule is Cl.Clc1ccc(C2NCc3ccccc3-n3cccc32)cc1. The molecule has 0 fully saturated rings. The number of nitrogens with one attached hydrogen (secondary N) is 1. The monoisotopic (exact) mass is 330 g/mol. The molecule has 3 aromatic rings. The highest BCUT2D eigenvalue weighted by atomic mass is 35.5. The van der Waals surface area contributed by atoms with Gasteiger partial charge in [0.25, 0.3) is 0 Å². The molecule has 1 aliphatic rings. The van der Waals surface area contributed by atoms with Crippen LogP contribution in [0.1, 0.15) is 22.9 Å². The summed E-state index contributed by atoms with van der Waals surface area (Å²) in [4.78, 5) is 0. The summed E-state index contributed by atoms with van der Waals surface area (Å²) < 4.78 is 2.27. The van der Waals surface area contributed by atoms with Crippen LogP contribution in [0.4, 0.5) is 0 Å². The number of benzene rings is 2. The predicted octanol–water partition coefficient (Wildman–Crippen LogP) is 4.75. The average Bonchev–Trinajstić information content (AvgIpc) is 2.93. The van der Waals surface area contributed by atoms with Crippen LogP contribution in [-0.2, 0) is 6.54 Å². The molecule has 2 heterocycles. The number of hydrogen-bond acceptors (Lipinski definition) is 1. The van der Waals surface area contributed by atoms with Crippen molar-refractivity contribution in [3.05, 3.63) is 88.7 Å². The van der Waals surface area contributed by atoms with Gasteiger partial charge in [0, 0.05) is 29.1 Å². The molecule has 4 rings (SSSR count). The molecule has 0 saturated carbocycles. The van der Waals surface area contributed by atoms with Crippen molar-refractivity contribution >= 4 is 24.0 Å². The third-order valence-electron chi connectivity index (χ3n) is 4.03. The molecule has 1 atom stereocenters. The summed E-state index contributed by atoms with van der Waals surface area (Å²) in [5.41, 5.74) is 5.04. The van der Waals surface area contributed by atoms with E-state index in [0.717, 1.165) is 11.6 Å². The van der Waals surface area contributed by atoms with Gasteiger partial charge in [-0.3, -0.25) is 0 Å². The normalized spacial score (nSPS) is 16.1. The van der Waals surface area contributed by atoms with Gasteiger partial charge in [-0.15, -0.1) is 12.4 Å². The Labute approximate surface area is 141 Å². The fourth-order valence-electron chi connectivity index (χ4n) is 3.00. The van der Waals surface area contributed by atoms with Crippen molar-refractivity contribution in [3.63, 3.8) is 0 Å². The Balaban J connectivity index is 0.00000144. The lowest BCUT2D eigenvalue weighted by atomic mass is 10.0. The standard InChI is InChI=1S/C18H15ClN2.ClH/c19-15-9-7-13(8-10-15)18-17-6-3-11-21(17)16-5-2-1-4-14(16)12-20-18;/h1-11,18,20H,12H2;1H.